The number of methoxy groups -OCH3 is 1. The van der Waals surface area contributed by atoms with E-state index < -0.39 is 23.9 Å². The molecule has 0 aliphatic carbocycles. The van der Waals surface area contributed by atoms with Crippen molar-refractivity contribution in [3.63, 3.8) is 0 Å². The lowest BCUT2D eigenvalue weighted by Gasteiger charge is -2.28. The third kappa shape index (κ3) is 6.17. The number of para-hydroxylation sites is 1. The number of hydrogen-bond acceptors (Lipinski definition) is 7. The summed E-state index contributed by atoms with van der Waals surface area (Å²) < 4.78 is 18.3. The molecule has 1 aliphatic heterocycles. The summed E-state index contributed by atoms with van der Waals surface area (Å²) in [5.74, 6) is 2.24. The van der Waals surface area contributed by atoms with Gasteiger partial charge in [0.25, 0.3) is 5.91 Å². The summed E-state index contributed by atoms with van der Waals surface area (Å²) in [6.07, 6.45) is 7.12. The topological polar surface area (TPSA) is 132 Å². The van der Waals surface area contributed by atoms with Crippen LogP contribution in [0.15, 0.2) is 58.8 Å². The van der Waals surface area contributed by atoms with Gasteiger partial charge in [0, 0.05) is 27.9 Å². The maximum absolute atomic E-state index is 12.6. The molecule has 0 saturated carbocycles. The number of nitrogens with one attached hydrogen (secondary N) is 3. The molecule has 1 atom stereocenters. The maximum Gasteiger partial charge on any atom is 0.338 e. The Hall–Kier alpha value is -5.24. The molecule has 11 heteroatoms. The summed E-state index contributed by atoms with van der Waals surface area (Å²) in [4.78, 5) is 37.2. The van der Waals surface area contributed by atoms with Crippen LogP contribution in [0.25, 0.3) is 10.9 Å². The van der Waals surface area contributed by atoms with Crippen LogP contribution in [0.5, 0.6) is 11.5 Å². The maximum atomic E-state index is 12.6. The number of fused-ring (bicyclic) bond motifs is 1. The molecule has 11 nitrogen and oxygen atoms in total. The highest BCUT2D eigenvalue weighted by atomic mass is 16.5. The minimum Gasteiger partial charge on any atom is -0.493 e. The van der Waals surface area contributed by atoms with Crippen molar-refractivity contribution >= 4 is 35.0 Å². The number of terminal acetylenes is 1. The van der Waals surface area contributed by atoms with Crippen LogP contribution in [0.4, 0.5) is 4.79 Å². The third-order valence-corrected chi connectivity index (χ3v) is 6.56. The van der Waals surface area contributed by atoms with E-state index in [2.05, 4.69) is 27.1 Å². The standard InChI is InChI=1S/C30H31N5O6/c1-6-14-35-19(4)22(21-10-8-9-11-23(21)35)16-31-34-26(36)17-41-24-13-12-20(15-25(24)39-5)28-27(29(37)40-7-2)18(3)32-30(38)33-28/h1,8-13,15-16,28H,7,14,17H2,2-5H3,(H,34,36)(H2,32,33,38)/b31-16+/t28-/m1/s1. The Morgan fingerprint density at radius 2 is 1.98 bits per heavy atom. The molecule has 0 unspecified atom stereocenters. The second kappa shape index (κ2) is 12.7. The summed E-state index contributed by atoms with van der Waals surface area (Å²) >= 11 is 0. The monoisotopic (exact) mass is 557 g/mol. The van der Waals surface area contributed by atoms with E-state index in [1.54, 1.807) is 38.3 Å². The lowest BCUT2D eigenvalue weighted by Crippen LogP contribution is -2.45. The molecule has 4 rings (SSSR count). The number of hydrazone groups is 1. The Bertz CT molecular complexity index is 1600. The van der Waals surface area contributed by atoms with Crippen molar-refractivity contribution in [1.82, 2.24) is 20.6 Å². The summed E-state index contributed by atoms with van der Waals surface area (Å²) in [5.41, 5.74) is 6.49. The normalized spacial score (nSPS) is 14.8. The van der Waals surface area contributed by atoms with Gasteiger partial charge in [-0.15, -0.1) is 6.42 Å². The zero-order valence-corrected chi connectivity index (χ0v) is 23.2. The van der Waals surface area contributed by atoms with Crippen molar-refractivity contribution in [2.24, 2.45) is 5.10 Å². The van der Waals surface area contributed by atoms with Crippen molar-refractivity contribution in [2.75, 3.05) is 20.3 Å². The molecule has 3 N–H and O–H groups in total. The number of hydrogen-bond donors (Lipinski definition) is 3. The van der Waals surface area contributed by atoms with Gasteiger partial charge in [0.15, 0.2) is 18.1 Å². The summed E-state index contributed by atoms with van der Waals surface area (Å²) in [6.45, 7) is 5.56. The number of benzene rings is 2. The van der Waals surface area contributed by atoms with Crippen LogP contribution in [0, 0.1) is 19.3 Å². The number of ether oxygens (including phenoxy) is 3. The predicted molar refractivity (Wildman–Crippen MR) is 153 cm³/mol. The van der Waals surface area contributed by atoms with Gasteiger partial charge in [0.2, 0.25) is 0 Å². The van der Waals surface area contributed by atoms with E-state index >= 15 is 0 Å². The fourth-order valence-corrected chi connectivity index (χ4v) is 4.67. The molecule has 2 heterocycles. The minimum atomic E-state index is -0.765. The number of allylic oxidation sites excluding steroid dienone is 1. The van der Waals surface area contributed by atoms with E-state index in [9.17, 15) is 14.4 Å². The highest BCUT2D eigenvalue weighted by Gasteiger charge is 2.32. The molecule has 2 aromatic carbocycles. The van der Waals surface area contributed by atoms with Gasteiger partial charge in [-0.2, -0.15) is 5.10 Å². The van der Waals surface area contributed by atoms with Crippen LogP contribution in [0.3, 0.4) is 0 Å². The third-order valence-electron chi connectivity index (χ3n) is 6.56. The van der Waals surface area contributed by atoms with E-state index in [1.165, 1.54) is 7.11 Å². The van der Waals surface area contributed by atoms with Crippen LogP contribution >= 0.6 is 0 Å². The average molecular weight is 558 g/mol. The van der Waals surface area contributed by atoms with E-state index in [1.807, 2.05) is 35.8 Å². The number of aromatic nitrogens is 1. The number of carbonyl (C=O) groups is 3. The van der Waals surface area contributed by atoms with Crippen molar-refractivity contribution < 1.29 is 28.6 Å². The number of nitrogens with zero attached hydrogens (tertiary/aromatic N) is 2. The van der Waals surface area contributed by atoms with Gasteiger partial charge in [-0.05, 0) is 44.5 Å². The quantitative estimate of drug-likeness (QED) is 0.152. The molecule has 1 aromatic heterocycles. The van der Waals surface area contributed by atoms with Crippen molar-refractivity contribution in [3.8, 4) is 23.8 Å². The van der Waals surface area contributed by atoms with Crippen LogP contribution in [0.1, 0.15) is 36.7 Å². The summed E-state index contributed by atoms with van der Waals surface area (Å²) in [6, 6.07) is 11.5. The van der Waals surface area contributed by atoms with Crippen molar-refractivity contribution in [2.45, 2.75) is 33.4 Å². The Morgan fingerprint density at radius 3 is 2.71 bits per heavy atom. The molecule has 0 spiro atoms. The van der Waals surface area contributed by atoms with Gasteiger partial charge in [-0.3, -0.25) is 4.79 Å². The Morgan fingerprint density at radius 1 is 1.20 bits per heavy atom. The number of esters is 1. The molecule has 41 heavy (non-hydrogen) atoms. The van der Waals surface area contributed by atoms with Crippen LogP contribution in [-0.4, -0.2) is 49.0 Å². The van der Waals surface area contributed by atoms with Gasteiger partial charge in [-0.25, -0.2) is 15.0 Å². The lowest BCUT2D eigenvalue weighted by atomic mass is 9.95. The molecule has 0 saturated heterocycles. The Kier molecular flexibility index (Phi) is 8.94. The fourth-order valence-electron chi connectivity index (χ4n) is 4.67. The van der Waals surface area contributed by atoms with E-state index in [-0.39, 0.29) is 18.8 Å². The molecule has 0 bridgehead atoms. The summed E-state index contributed by atoms with van der Waals surface area (Å²) in [5, 5.41) is 10.4. The zero-order valence-electron chi connectivity index (χ0n) is 23.2. The van der Waals surface area contributed by atoms with Gasteiger partial charge in [0.05, 0.1) is 38.1 Å². The highest BCUT2D eigenvalue weighted by molar-refractivity contribution is 6.01. The van der Waals surface area contributed by atoms with E-state index in [0.717, 1.165) is 22.2 Å². The minimum absolute atomic E-state index is 0.188. The molecular weight excluding hydrogens is 526 g/mol. The predicted octanol–water partition coefficient (Wildman–Crippen LogP) is 3.31. The zero-order chi connectivity index (χ0) is 29.5. The molecule has 212 valence electrons. The largest absolute Gasteiger partial charge is 0.493 e. The Balaban J connectivity index is 1.45. The lowest BCUT2D eigenvalue weighted by molar-refractivity contribution is -0.139. The average Bonchev–Trinajstić information content (AvgIpc) is 3.22. The fraction of sp³-hybridized carbons (Fsp3) is 0.267. The molecule has 3 aromatic rings. The number of urea groups is 1. The number of rotatable bonds is 10. The van der Waals surface area contributed by atoms with Crippen LogP contribution in [-0.2, 0) is 20.9 Å². The first-order valence-electron chi connectivity index (χ1n) is 12.9. The molecule has 0 radical (unpaired) electrons. The van der Waals surface area contributed by atoms with Crippen molar-refractivity contribution in [1.29, 1.82) is 0 Å². The Labute approximate surface area is 237 Å². The van der Waals surface area contributed by atoms with E-state index in [4.69, 9.17) is 20.6 Å². The van der Waals surface area contributed by atoms with Gasteiger partial charge >= 0.3 is 12.0 Å². The second-order valence-electron chi connectivity index (χ2n) is 9.09. The highest BCUT2D eigenvalue weighted by Crippen LogP contribution is 2.34. The van der Waals surface area contributed by atoms with Gasteiger partial charge in [0.1, 0.15) is 0 Å². The van der Waals surface area contributed by atoms with Crippen LogP contribution < -0.4 is 25.5 Å². The number of carbonyl (C=O) groups excluding carboxylic acids is 3. The second-order valence-corrected chi connectivity index (χ2v) is 9.09. The van der Waals surface area contributed by atoms with E-state index in [0.29, 0.717) is 29.3 Å². The SMILES string of the molecule is C#CCn1c(C)c(/C=N/NC(=O)COc2ccc([C@H]3NC(=O)NC(C)=C3C(=O)OCC)cc2OC)c2ccccc21. The van der Waals surface area contributed by atoms with Gasteiger partial charge < -0.3 is 29.4 Å². The van der Waals surface area contributed by atoms with Gasteiger partial charge in [-0.1, -0.05) is 30.2 Å². The molecule has 3 amide bonds. The first-order chi connectivity index (χ1) is 19.8. The molecule has 0 fully saturated rings. The van der Waals surface area contributed by atoms with Crippen LogP contribution in [0.2, 0.25) is 0 Å². The summed E-state index contributed by atoms with van der Waals surface area (Å²) in [7, 11) is 1.45. The molecule has 1 aliphatic rings. The van der Waals surface area contributed by atoms with Crippen molar-refractivity contribution in [3.05, 3.63) is 70.6 Å². The first kappa shape index (κ1) is 28.8. The number of amides is 3. The molecular formula is C30H31N5O6. The smallest absolute Gasteiger partial charge is 0.338 e. The first-order valence-corrected chi connectivity index (χ1v) is 12.9.